The number of anilines is 1. The van der Waals surface area contributed by atoms with Crippen molar-refractivity contribution in [1.29, 1.82) is 0 Å². The third kappa shape index (κ3) is 3.96. The molecule has 5 nitrogen and oxygen atoms in total. The molecule has 146 valence electrons. The molecular formula is C18H12F4N2O3S. The minimum Gasteiger partial charge on any atom is -0.481 e. The summed E-state index contributed by atoms with van der Waals surface area (Å²) in [6.07, 6.45) is -0.885. The number of aliphatic carboxylic acids is 1. The number of aromatic nitrogens is 1. The van der Waals surface area contributed by atoms with Gasteiger partial charge in [-0.25, -0.2) is 22.5 Å². The summed E-state index contributed by atoms with van der Waals surface area (Å²) >= 11 is 0.692. The molecule has 1 N–H and O–H groups in total. The van der Waals surface area contributed by atoms with E-state index in [1.165, 1.54) is 18.2 Å². The fourth-order valence-electron chi connectivity index (χ4n) is 2.56. The van der Waals surface area contributed by atoms with E-state index in [0.29, 0.717) is 17.4 Å². The number of halogens is 4. The molecule has 0 atom stereocenters. The van der Waals surface area contributed by atoms with Crippen LogP contribution in [-0.2, 0) is 16.1 Å². The van der Waals surface area contributed by atoms with Crippen LogP contribution in [-0.4, -0.2) is 22.0 Å². The van der Waals surface area contributed by atoms with E-state index >= 15 is 0 Å². The second-order valence-corrected chi connectivity index (χ2v) is 6.85. The topological polar surface area (TPSA) is 70.5 Å². The number of carbonyl (C=O) groups is 2. The number of hydrogen-bond acceptors (Lipinski definition) is 4. The Morgan fingerprint density at radius 2 is 1.75 bits per heavy atom. The molecule has 3 rings (SSSR count). The van der Waals surface area contributed by atoms with Gasteiger partial charge in [0.1, 0.15) is 22.2 Å². The number of carbonyl (C=O) groups excluding carboxylic acids is 1. The lowest BCUT2D eigenvalue weighted by Crippen LogP contribution is -2.31. The highest BCUT2D eigenvalue weighted by atomic mass is 32.1. The first-order chi connectivity index (χ1) is 13.3. The minimum absolute atomic E-state index is 0.0327. The molecule has 0 aliphatic carbocycles. The first kappa shape index (κ1) is 19.7. The number of amides is 1. The predicted molar refractivity (Wildman–Crippen MR) is 94.0 cm³/mol. The zero-order valence-electron chi connectivity index (χ0n) is 14.1. The van der Waals surface area contributed by atoms with Gasteiger partial charge in [0.2, 0.25) is 5.91 Å². The number of benzene rings is 2. The van der Waals surface area contributed by atoms with Crippen LogP contribution in [0.5, 0.6) is 0 Å². The monoisotopic (exact) mass is 412 g/mol. The molecule has 1 aromatic heterocycles. The summed E-state index contributed by atoms with van der Waals surface area (Å²) in [6.45, 7) is -0.362. The van der Waals surface area contributed by atoms with Gasteiger partial charge in [0.25, 0.3) is 0 Å². The molecule has 0 spiro atoms. The number of carboxylic acid groups (broad SMARTS) is 1. The van der Waals surface area contributed by atoms with E-state index in [1.807, 2.05) is 0 Å². The van der Waals surface area contributed by atoms with Gasteiger partial charge in [0, 0.05) is 12.5 Å². The summed E-state index contributed by atoms with van der Waals surface area (Å²) in [6, 6.07) is 5.70. The number of rotatable bonds is 6. The Bertz CT molecular complexity index is 1070. The van der Waals surface area contributed by atoms with E-state index in [0.717, 1.165) is 11.0 Å². The molecule has 0 fully saturated rings. The second-order valence-electron chi connectivity index (χ2n) is 5.76. The number of carboxylic acids is 1. The van der Waals surface area contributed by atoms with Gasteiger partial charge in [-0.3, -0.25) is 9.59 Å². The van der Waals surface area contributed by atoms with Crippen molar-refractivity contribution in [3.8, 4) is 0 Å². The van der Waals surface area contributed by atoms with Gasteiger partial charge < -0.3 is 10.0 Å². The van der Waals surface area contributed by atoms with Crippen LogP contribution in [0.3, 0.4) is 0 Å². The highest BCUT2D eigenvalue weighted by molar-refractivity contribution is 7.18. The van der Waals surface area contributed by atoms with Crippen molar-refractivity contribution in [1.82, 2.24) is 4.98 Å². The van der Waals surface area contributed by atoms with Crippen molar-refractivity contribution in [3.63, 3.8) is 0 Å². The summed E-state index contributed by atoms with van der Waals surface area (Å²) in [5, 5.41) is 8.80. The number of hydrogen-bond donors (Lipinski definition) is 1. The average Bonchev–Trinajstić information content (AvgIpc) is 3.08. The third-order valence-electron chi connectivity index (χ3n) is 3.85. The van der Waals surface area contributed by atoms with Crippen LogP contribution in [0.1, 0.15) is 17.8 Å². The SMILES string of the molecule is O=C(O)CCC(=O)N(Cc1nc2c(F)c(F)cc(F)c2s1)c1ccccc1F. The van der Waals surface area contributed by atoms with Gasteiger partial charge in [-0.2, -0.15) is 0 Å². The summed E-state index contributed by atoms with van der Waals surface area (Å²) in [5.74, 6) is -6.39. The van der Waals surface area contributed by atoms with Crippen molar-refractivity contribution in [2.45, 2.75) is 19.4 Å². The van der Waals surface area contributed by atoms with Crippen LogP contribution in [0.25, 0.3) is 10.2 Å². The molecule has 0 radical (unpaired) electrons. The molecule has 10 heteroatoms. The van der Waals surface area contributed by atoms with E-state index in [1.54, 1.807) is 0 Å². The van der Waals surface area contributed by atoms with E-state index in [9.17, 15) is 27.2 Å². The van der Waals surface area contributed by atoms with Gasteiger partial charge in [-0.15, -0.1) is 11.3 Å². The Morgan fingerprint density at radius 3 is 2.43 bits per heavy atom. The van der Waals surface area contributed by atoms with Crippen LogP contribution in [0.15, 0.2) is 30.3 Å². The van der Waals surface area contributed by atoms with Crippen LogP contribution in [0.4, 0.5) is 23.2 Å². The van der Waals surface area contributed by atoms with E-state index in [2.05, 4.69) is 4.98 Å². The second kappa shape index (κ2) is 7.93. The molecule has 0 aliphatic rings. The highest BCUT2D eigenvalue weighted by Gasteiger charge is 2.23. The fraction of sp³-hybridized carbons (Fsp3) is 0.167. The van der Waals surface area contributed by atoms with Crippen LogP contribution < -0.4 is 4.90 Å². The normalized spacial score (nSPS) is 11.0. The molecule has 0 aliphatic heterocycles. The molecule has 1 amide bonds. The lowest BCUT2D eigenvalue weighted by molar-refractivity contribution is -0.138. The molecule has 2 aromatic carbocycles. The quantitative estimate of drug-likeness (QED) is 0.485. The van der Waals surface area contributed by atoms with Crippen molar-refractivity contribution in [2.75, 3.05) is 4.90 Å². The first-order valence-electron chi connectivity index (χ1n) is 7.97. The van der Waals surface area contributed by atoms with Crippen molar-refractivity contribution in [3.05, 3.63) is 58.6 Å². The zero-order valence-corrected chi connectivity index (χ0v) is 14.9. The number of nitrogens with zero attached hydrogens (tertiary/aromatic N) is 2. The lowest BCUT2D eigenvalue weighted by atomic mass is 10.2. The van der Waals surface area contributed by atoms with Gasteiger partial charge in [-0.05, 0) is 12.1 Å². The largest absolute Gasteiger partial charge is 0.481 e. The van der Waals surface area contributed by atoms with E-state index in [-0.39, 0.29) is 21.9 Å². The van der Waals surface area contributed by atoms with Crippen LogP contribution >= 0.6 is 11.3 Å². The summed E-state index contributed by atoms with van der Waals surface area (Å²) in [7, 11) is 0. The number of thiazole rings is 1. The van der Waals surface area contributed by atoms with Crippen molar-refractivity contribution < 1.29 is 32.3 Å². The summed E-state index contributed by atoms with van der Waals surface area (Å²) in [4.78, 5) is 28.0. The van der Waals surface area contributed by atoms with E-state index in [4.69, 9.17) is 5.11 Å². The molecule has 0 saturated heterocycles. The maximum Gasteiger partial charge on any atom is 0.303 e. The Balaban J connectivity index is 2.00. The molecule has 28 heavy (non-hydrogen) atoms. The van der Waals surface area contributed by atoms with Crippen molar-refractivity contribution in [2.24, 2.45) is 0 Å². The minimum atomic E-state index is -1.40. The maximum absolute atomic E-state index is 14.2. The summed E-state index contributed by atoms with van der Waals surface area (Å²) < 4.78 is 55.1. The van der Waals surface area contributed by atoms with Crippen LogP contribution in [0.2, 0.25) is 0 Å². The fourth-order valence-corrected chi connectivity index (χ4v) is 3.51. The maximum atomic E-state index is 14.2. The Morgan fingerprint density at radius 1 is 1.04 bits per heavy atom. The number of para-hydroxylation sites is 1. The molecule has 1 heterocycles. The standard InChI is InChI=1S/C18H12F4N2O3S/c19-9-3-1-2-4-12(9)24(14(25)5-6-15(26)27)8-13-23-17-16(22)10(20)7-11(21)18(17)28-13/h1-4,7H,5-6,8H2,(H,26,27). The van der Waals surface area contributed by atoms with E-state index < -0.39 is 53.5 Å². The highest BCUT2D eigenvalue weighted by Crippen LogP contribution is 2.31. The Kier molecular flexibility index (Phi) is 5.59. The average molecular weight is 412 g/mol. The zero-order chi connectivity index (χ0) is 20.4. The van der Waals surface area contributed by atoms with Gasteiger partial charge >= 0.3 is 5.97 Å². The Labute approximate surface area is 159 Å². The first-order valence-corrected chi connectivity index (χ1v) is 8.79. The van der Waals surface area contributed by atoms with Gasteiger partial charge in [-0.1, -0.05) is 12.1 Å². The van der Waals surface area contributed by atoms with Crippen molar-refractivity contribution >= 4 is 39.1 Å². The third-order valence-corrected chi connectivity index (χ3v) is 4.90. The molecule has 3 aromatic rings. The Hall–Kier alpha value is -3.01. The lowest BCUT2D eigenvalue weighted by Gasteiger charge is -2.22. The molecule has 0 unspecified atom stereocenters. The number of fused-ring (bicyclic) bond motifs is 1. The van der Waals surface area contributed by atoms with Gasteiger partial charge in [0.15, 0.2) is 11.6 Å². The molecule has 0 bridgehead atoms. The predicted octanol–water partition coefficient (Wildman–Crippen LogP) is 4.25. The van der Waals surface area contributed by atoms with Crippen LogP contribution in [0, 0.1) is 23.3 Å². The summed E-state index contributed by atoms with van der Waals surface area (Å²) in [5.41, 5.74) is -0.659. The smallest absolute Gasteiger partial charge is 0.303 e. The molecular weight excluding hydrogens is 400 g/mol. The molecule has 0 saturated carbocycles. The van der Waals surface area contributed by atoms with Gasteiger partial charge in [0.05, 0.1) is 23.4 Å².